The van der Waals surface area contributed by atoms with Gasteiger partial charge < -0.3 is 5.73 Å². The number of rotatable bonds is 5. The molecular formula is C15H24N2. The Morgan fingerprint density at radius 2 is 2.00 bits per heavy atom. The number of nitrogens with two attached hydrogens (primary N) is 1. The minimum Gasteiger partial charge on any atom is -0.329 e. The molecule has 0 saturated heterocycles. The summed E-state index contributed by atoms with van der Waals surface area (Å²) in [6, 6.07) is 8.62. The quantitative estimate of drug-likeness (QED) is 0.845. The van der Waals surface area contributed by atoms with Gasteiger partial charge in [0.15, 0.2) is 0 Å². The Hall–Kier alpha value is -0.860. The van der Waals surface area contributed by atoms with Crippen LogP contribution in [0, 0.1) is 12.8 Å². The average Bonchev–Trinajstić information content (AvgIpc) is 3.15. The van der Waals surface area contributed by atoms with Crippen molar-refractivity contribution in [2.45, 2.75) is 38.8 Å². The van der Waals surface area contributed by atoms with Crippen LogP contribution in [0.25, 0.3) is 0 Å². The van der Waals surface area contributed by atoms with Crippen LogP contribution in [0.1, 0.15) is 30.9 Å². The summed E-state index contributed by atoms with van der Waals surface area (Å²) in [5, 5.41) is 0. The highest BCUT2D eigenvalue weighted by molar-refractivity contribution is 5.25. The summed E-state index contributed by atoms with van der Waals surface area (Å²) in [6.07, 6.45) is 2.68. The molecule has 1 aromatic carbocycles. The molecule has 17 heavy (non-hydrogen) atoms. The van der Waals surface area contributed by atoms with Crippen LogP contribution in [0.4, 0.5) is 0 Å². The lowest BCUT2D eigenvalue weighted by Crippen LogP contribution is -2.51. The Kier molecular flexibility index (Phi) is 3.55. The number of aryl methyl sites for hydroxylation is 1. The van der Waals surface area contributed by atoms with Gasteiger partial charge in [-0.25, -0.2) is 0 Å². The summed E-state index contributed by atoms with van der Waals surface area (Å²) in [5.74, 6) is 0.793. The van der Waals surface area contributed by atoms with Crippen molar-refractivity contribution in [1.29, 1.82) is 0 Å². The van der Waals surface area contributed by atoms with Crippen molar-refractivity contribution in [2.24, 2.45) is 11.7 Å². The Balaban J connectivity index is 2.10. The van der Waals surface area contributed by atoms with Crippen molar-refractivity contribution in [2.75, 3.05) is 13.6 Å². The van der Waals surface area contributed by atoms with Gasteiger partial charge in [-0.15, -0.1) is 0 Å². The first-order chi connectivity index (χ1) is 8.08. The van der Waals surface area contributed by atoms with Crippen molar-refractivity contribution >= 4 is 0 Å². The Morgan fingerprint density at radius 1 is 1.35 bits per heavy atom. The van der Waals surface area contributed by atoms with E-state index in [4.69, 9.17) is 5.73 Å². The molecule has 1 aromatic rings. The fourth-order valence-corrected chi connectivity index (χ4v) is 2.56. The van der Waals surface area contributed by atoms with Gasteiger partial charge in [0.2, 0.25) is 0 Å². The van der Waals surface area contributed by atoms with E-state index < -0.39 is 0 Å². The molecule has 2 nitrogen and oxygen atoms in total. The van der Waals surface area contributed by atoms with E-state index in [1.165, 1.54) is 24.0 Å². The maximum atomic E-state index is 6.00. The number of benzene rings is 1. The molecule has 94 valence electrons. The van der Waals surface area contributed by atoms with Gasteiger partial charge in [-0.2, -0.15) is 0 Å². The fourth-order valence-electron chi connectivity index (χ4n) is 2.56. The topological polar surface area (TPSA) is 29.3 Å². The van der Waals surface area contributed by atoms with Crippen LogP contribution in [-0.2, 0) is 6.54 Å². The van der Waals surface area contributed by atoms with Gasteiger partial charge in [0.05, 0.1) is 0 Å². The van der Waals surface area contributed by atoms with Crippen LogP contribution in [0.3, 0.4) is 0 Å². The minimum absolute atomic E-state index is 0.169. The monoisotopic (exact) mass is 232 g/mol. The summed E-state index contributed by atoms with van der Waals surface area (Å²) in [4.78, 5) is 2.44. The first kappa shape index (κ1) is 12.6. The number of hydrogen-bond donors (Lipinski definition) is 1. The molecule has 1 fully saturated rings. The molecule has 0 amide bonds. The van der Waals surface area contributed by atoms with Crippen LogP contribution in [0.2, 0.25) is 0 Å². The maximum absolute atomic E-state index is 6.00. The van der Waals surface area contributed by atoms with Crippen molar-refractivity contribution < 1.29 is 0 Å². The average molecular weight is 232 g/mol. The summed E-state index contributed by atoms with van der Waals surface area (Å²) in [7, 11) is 2.21. The lowest BCUT2D eigenvalue weighted by atomic mass is 9.93. The molecule has 0 aromatic heterocycles. The molecule has 1 aliphatic carbocycles. The van der Waals surface area contributed by atoms with Crippen LogP contribution in [0.15, 0.2) is 24.3 Å². The van der Waals surface area contributed by atoms with Crippen LogP contribution >= 0.6 is 0 Å². The van der Waals surface area contributed by atoms with Gasteiger partial charge in [-0.3, -0.25) is 4.90 Å². The van der Waals surface area contributed by atoms with Crippen molar-refractivity contribution in [3.8, 4) is 0 Å². The van der Waals surface area contributed by atoms with E-state index in [0.29, 0.717) is 0 Å². The predicted octanol–water partition coefficient (Wildman–Crippen LogP) is 2.55. The second-order valence-corrected chi connectivity index (χ2v) is 5.62. The third-order valence-electron chi connectivity index (χ3n) is 4.41. The molecule has 0 radical (unpaired) electrons. The highest BCUT2D eigenvalue weighted by atomic mass is 15.2. The van der Waals surface area contributed by atoms with E-state index in [9.17, 15) is 0 Å². The Morgan fingerprint density at radius 3 is 2.53 bits per heavy atom. The van der Waals surface area contributed by atoms with Crippen molar-refractivity contribution in [3.05, 3.63) is 35.4 Å². The molecule has 0 spiro atoms. The van der Waals surface area contributed by atoms with Gasteiger partial charge in [-0.05, 0) is 50.8 Å². The summed E-state index contributed by atoms with van der Waals surface area (Å²) in [5.41, 5.74) is 8.95. The normalized spacial score (nSPS) is 19.4. The van der Waals surface area contributed by atoms with E-state index in [2.05, 4.69) is 50.1 Å². The highest BCUT2D eigenvalue weighted by Crippen LogP contribution is 2.42. The van der Waals surface area contributed by atoms with Crippen LogP contribution in [-0.4, -0.2) is 24.0 Å². The molecule has 1 aliphatic rings. The Bertz CT molecular complexity index is 384. The fraction of sp³-hybridized carbons (Fsp3) is 0.600. The van der Waals surface area contributed by atoms with Gasteiger partial charge >= 0.3 is 0 Å². The maximum Gasteiger partial charge on any atom is 0.0332 e. The first-order valence-electron chi connectivity index (χ1n) is 6.53. The Labute approximate surface area is 105 Å². The second kappa shape index (κ2) is 4.79. The molecule has 2 rings (SSSR count). The summed E-state index contributed by atoms with van der Waals surface area (Å²) in [6.45, 7) is 6.24. The molecule has 2 N–H and O–H groups in total. The molecule has 2 heteroatoms. The lowest BCUT2D eigenvalue weighted by Gasteiger charge is -2.39. The van der Waals surface area contributed by atoms with E-state index in [1.807, 2.05) is 0 Å². The summed E-state index contributed by atoms with van der Waals surface area (Å²) >= 11 is 0. The van der Waals surface area contributed by atoms with Gasteiger partial charge in [-0.1, -0.05) is 24.3 Å². The zero-order chi connectivity index (χ0) is 12.5. The number of nitrogens with zero attached hydrogens (tertiary/aromatic N) is 1. The van der Waals surface area contributed by atoms with Crippen molar-refractivity contribution in [1.82, 2.24) is 4.90 Å². The SMILES string of the molecule is Cc1ccccc1CN(C)C(C)(CN)C1CC1. The van der Waals surface area contributed by atoms with E-state index in [-0.39, 0.29) is 5.54 Å². The largest absolute Gasteiger partial charge is 0.329 e. The third kappa shape index (κ3) is 2.53. The molecule has 0 heterocycles. The van der Waals surface area contributed by atoms with E-state index in [0.717, 1.165) is 19.0 Å². The number of likely N-dealkylation sites (N-methyl/N-ethyl adjacent to an activating group) is 1. The molecule has 1 saturated carbocycles. The standard InChI is InChI=1S/C15H24N2/c1-12-6-4-5-7-13(12)10-17(3)15(2,11-16)14-8-9-14/h4-7,14H,8-11,16H2,1-3H3. The first-order valence-corrected chi connectivity index (χ1v) is 6.53. The molecule has 1 unspecified atom stereocenters. The molecule has 1 atom stereocenters. The minimum atomic E-state index is 0.169. The molecule has 0 aliphatic heterocycles. The smallest absolute Gasteiger partial charge is 0.0332 e. The molecular weight excluding hydrogens is 208 g/mol. The predicted molar refractivity (Wildman–Crippen MR) is 72.8 cm³/mol. The zero-order valence-electron chi connectivity index (χ0n) is 11.2. The van der Waals surface area contributed by atoms with Gasteiger partial charge in [0, 0.05) is 18.6 Å². The third-order valence-corrected chi connectivity index (χ3v) is 4.41. The van der Waals surface area contributed by atoms with Crippen molar-refractivity contribution in [3.63, 3.8) is 0 Å². The van der Waals surface area contributed by atoms with Crippen LogP contribution in [0.5, 0.6) is 0 Å². The molecule has 0 bridgehead atoms. The van der Waals surface area contributed by atoms with Gasteiger partial charge in [0.25, 0.3) is 0 Å². The van der Waals surface area contributed by atoms with Gasteiger partial charge in [0.1, 0.15) is 0 Å². The zero-order valence-corrected chi connectivity index (χ0v) is 11.2. The highest BCUT2D eigenvalue weighted by Gasteiger charge is 2.43. The lowest BCUT2D eigenvalue weighted by molar-refractivity contribution is 0.112. The summed E-state index contributed by atoms with van der Waals surface area (Å²) < 4.78 is 0. The van der Waals surface area contributed by atoms with Crippen LogP contribution < -0.4 is 5.73 Å². The van der Waals surface area contributed by atoms with E-state index in [1.54, 1.807) is 0 Å². The second-order valence-electron chi connectivity index (χ2n) is 5.62. The number of hydrogen-bond acceptors (Lipinski definition) is 2. The van der Waals surface area contributed by atoms with E-state index >= 15 is 0 Å².